The molecule has 2 aromatic carbocycles. The summed E-state index contributed by atoms with van der Waals surface area (Å²) in [7, 11) is 1.54. The number of methoxy groups -OCH3 is 1. The fourth-order valence-electron chi connectivity index (χ4n) is 3.26. The lowest BCUT2D eigenvalue weighted by Crippen LogP contribution is -2.13. The van der Waals surface area contributed by atoms with Gasteiger partial charge in [-0.2, -0.15) is 5.26 Å². The van der Waals surface area contributed by atoms with Crippen LogP contribution >= 0.6 is 11.3 Å². The number of anilines is 1. The number of nitrogens with one attached hydrogen (secondary N) is 1. The molecular formula is C26H28N4O4S. The maximum atomic E-state index is 12.5. The highest BCUT2D eigenvalue weighted by Gasteiger charge is 2.13. The summed E-state index contributed by atoms with van der Waals surface area (Å²) in [6.07, 6.45) is 2.91. The van der Waals surface area contributed by atoms with Crippen molar-refractivity contribution in [2.75, 3.05) is 25.6 Å². The lowest BCUT2D eigenvalue weighted by atomic mass is 10.1. The first-order chi connectivity index (χ1) is 16.9. The summed E-state index contributed by atoms with van der Waals surface area (Å²) in [6.45, 7) is 6.99. The van der Waals surface area contributed by atoms with Crippen molar-refractivity contribution in [3.63, 3.8) is 0 Å². The van der Waals surface area contributed by atoms with Crippen LogP contribution in [0.4, 0.5) is 5.13 Å². The van der Waals surface area contributed by atoms with Gasteiger partial charge < -0.3 is 14.2 Å². The van der Waals surface area contributed by atoms with Gasteiger partial charge in [-0.05, 0) is 55.2 Å². The minimum atomic E-state index is -0.547. The van der Waals surface area contributed by atoms with Gasteiger partial charge in [0.15, 0.2) is 11.5 Å². The Balaban J connectivity index is 1.58. The van der Waals surface area contributed by atoms with Gasteiger partial charge in [-0.3, -0.25) is 10.1 Å². The largest absolute Gasteiger partial charge is 0.493 e. The molecule has 8 nitrogen and oxygen atoms in total. The summed E-state index contributed by atoms with van der Waals surface area (Å²) >= 11 is 1.28. The minimum absolute atomic E-state index is 0.0578. The summed E-state index contributed by atoms with van der Waals surface area (Å²) in [5.74, 6) is 1.44. The number of aromatic nitrogens is 2. The summed E-state index contributed by atoms with van der Waals surface area (Å²) in [6, 6.07) is 13.2. The molecule has 1 amide bonds. The first-order valence-electron chi connectivity index (χ1n) is 11.2. The molecule has 1 N–H and O–H groups in total. The van der Waals surface area contributed by atoms with E-state index in [9.17, 15) is 10.1 Å². The number of aryl methyl sites for hydroxylation is 3. The van der Waals surface area contributed by atoms with Crippen LogP contribution in [0.1, 0.15) is 35.0 Å². The molecule has 0 bridgehead atoms. The van der Waals surface area contributed by atoms with E-state index in [1.807, 2.05) is 45.0 Å². The van der Waals surface area contributed by atoms with Crippen LogP contribution in [-0.2, 0) is 11.2 Å². The molecule has 0 unspecified atom stereocenters. The maximum absolute atomic E-state index is 12.5. The van der Waals surface area contributed by atoms with Gasteiger partial charge in [-0.1, -0.05) is 42.5 Å². The molecule has 182 valence electrons. The Kier molecular flexibility index (Phi) is 9.21. The van der Waals surface area contributed by atoms with Crippen molar-refractivity contribution in [2.24, 2.45) is 0 Å². The Bertz CT molecular complexity index is 1230. The number of nitrogens with zero attached hydrogens (tertiary/aromatic N) is 3. The molecule has 0 fully saturated rings. The predicted octanol–water partition coefficient (Wildman–Crippen LogP) is 5.12. The number of carbonyl (C=O) groups is 1. The van der Waals surface area contributed by atoms with Crippen LogP contribution in [0.2, 0.25) is 0 Å². The van der Waals surface area contributed by atoms with Crippen molar-refractivity contribution in [1.82, 2.24) is 10.2 Å². The van der Waals surface area contributed by atoms with Crippen LogP contribution < -0.4 is 19.5 Å². The first kappa shape index (κ1) is 25.7. The Morgan fingerprint density at radius 3 is 2.51 bits per heavy atom. The van der Waals surface area contributed by atoms with Crippen LogP contribution in [0.15, 0.2) is 42.0 Å². The predicted molar refractivity (Wildman–Crippen MR) is 136 cm³/mol. The van der Waals surface area contributed by atoms with Crippen LogP contribution in [0, 0.1) is 25.2 Å². The van der Waals surface area contributed by atoms with E-state index >= 15 is 0 Å². The summed E-state index contributed by atoms with van der Waals surface area (Å²) in [4.78, 5) is 12.5. The Hall–Kier alpha value is -3.90. The van der Waals surface area contributed by atoms with Crippen molar-refractivity contribution in [2.45, 2.75) is 33.6 Å². The number of hydrogen-bond acceptors (Lipinski definition) is 8. The van der Waals surface area contributed by atoms with Crippen molar-refractivity contribution in [3.05, 3.63) is 63.7 Å². The lowest BCUT2D eigenvalue weighted by Gasteiger charge is -2.13. The quantitative estimate of drug-likeness (QED) is 0.225. The van der Waals surface area contributed by atoms with Crippen LogP contribution in [0.3, 0.4) is 0 Å². The lowest BCUT2D eigenvalue weighted by molar-refractivity contribution is -0.112. The number of benzene rings is 2. The van der Waals surface area contributed by atoms with Gasteiger partial charge in [0.2, 0.25) is 5.13 Å². The van der Waals surface area contributed by atoms with E-state index in [4.69, 9.17) is 14.2 Å². The highest BCUT2D eigenvalue weighted by Crippen LogP contribution is 2.29. The normalized spacial score (nSPS) is 11.0. The standard InChI is InChI=1S/C26H28N4O4S/c1-5-23-29-30-26(35-23)28-25(31)20(16-27)14-19-10-11-21(22(15-19)32-4)33-12-7-13-34-24-17(2)8-6-9-18(24)3/h6,8-11,14-15H,5,7,12-13H2,1-4H3,(H,28,30,31)/b20-14-. The maximum Gasteiger partial charge on any atom is 0.268 e. The number of amides is 1. The Labute approximate surface area is 209 Å². The highest BCUT2D eigenvalue weighted by molar-refractivity contribution is 7.15. The average molecular weight is 493 g/mol. The molecule has 0 saturated carbocycles. The van der Waals surface area contributed by atoms with Crippen LogP contribution in [0.5, 0.6) is 17.2 Å². The van der Waals surface area contributed by atoms with Gasteiger partial charge in [0.1, 0.15) is 22.4 Å². The topological polar surface area (TPSA) is 106 Å². The second-order valence-electron chi connectivity index (χ2n) is 7.66. The molecule has 1 aromatic heterocycles. The molecule has 0 saturated heterocycles. The minimum Gasteiger partial charge on any atom is -0.493 e. The number of para-hydroxylation sites is 1. The van der Waals surface area contributed by atoms with Gasteiger partial charge >= 0.3 is 0 Å². The highest BCUT2D eigenvalue weighted by atomic mass is 32.1. The zero-order valence-electron chi connectivity index (χ0n) is 20.3. The fourth-order valence-corrected chi connectivity index (χ4v) is 3.94. The van der Waals surface area contributed by atoms with Gasteiger partial charge in [0, 0.05) is 6.42 Å². The molecule has 3 aromatic rings. The van der Waals surface area contributed by atoms with Crippen molar-refractivity contribution >= 4 is 28.5 Å². The molecule has 0 aliphatic rings. The van der Waals surface area contributed by atoms with Gasteiger partial charge in [-0.25, -0.2) is 0 Å². The third-order valence-corrected chi connectivity index (χ3v) is 6.04. The van der Waals surface area contributed by atoms with Crippen LogP contribution in [0.25, 0.3) is 6.08 Å². The fraction of sp³-hybridized carbons (Fsp3) is 0.308. The molecule has 0 atom stereocenters. The SMILES string of the molecule is CCc1nnc(NC(=O)/C(C#N)=C\c2ccc(OCCCOc3c(C)cccc3C)c(OC)c2)s1. The Morgan fingerprint density at radius 1 is 1.11 bits per heavy atom. The second kappa shape index (κ2) is 12.5. The number of rotatable bonds is 11. The van der Waals surface area contributed by atoms with Crippen molar-refractivity contribution < 1.29 is 19.0 Å². The third kappa shape index (κ3) is 7.04. The molecule has 0 aliphatic heterocycles. The van der Waals surface area contributed by atoms with Crippen molar-refractivity contribution in [1.29, 1.82) is 5.26 Å². The number of ether oxygens (including phenoxy) is 3. The summed E-state index contributed by atoms with van der Waals surface area (Å²) < 4.78 is 17.2. The van der Waals surface area contributed by atoms with E-state index in [1.54, 1.807) is 25.3 Å². The summed E-state index contributed by atoms with van der Waals surface area (Å²) in [5.41, 5.74) is 2.79. The van der Waals surface area contributed by atoms with E-state index < -0.39 is 5.91 Å². The van der Waals surface area contributed by atoms with E-state index in [0.29, 0.717) is 41.8 Å². The second-order valence-corrected chi connectivity index (χ2v) is 8.72. The number of nitriles is 1. The molecule has 1 heterocycles. The smallest absolute Gasteiger partial charge is 0.268 e. The van der Waals surface area contributed by atoms with Crippen LogP contribution in [-0.4, -0.2) is 36.4 Å². The average Bonchev–Trinajstić information content (AvgIpc) is 3.31. The first-order valence-corrected chi connectivity index (χ1v) is 12.0. The van der Waals surface area contributed by atoms with E-state index in [2.05, 4.69) is 15.5 Å². The molecule has 9 heteroatoms. The number of hydrogen-bond donors (Lipinski definition) is 1. The zero-order valence-corrected chi connectivity index (χ0v) is 21.1. The molecule has 0 spiro atoms. The summed E-state index contributed by atoms with van der Waals surface area (Å²) in [5, 5.41) is 21.1. The van der Waals surface area contributed by atoms with E-state index in [-0.39, 0.29) is 5.57 Å². The molecule has 0 radical (unpaired) electrons. The zero-order chi connectivity index (χ0) is 25.2. The molecule has 35 heavy (non-hydrogen) atoms. The molecule has 3 rings (SSSR count). The molecular weight excluding hydrogens is 464 g/mol. The number of carbonyl (C=O) groups excluding carboxylic acids is 1. The van der Waals surface area contributed by atoms with E-state index in [1.165, 1.54) is 17.4 Å². The third-order valence-electron chi connectivity index (χ3n) is 5.05. The van der Waals surface area contributed by atoms with Gasteiger partial charge in [-0.15, -0.1) is 10.2 Å². The van der Waals surface area contributed by atoms with Crippen molar-refractivity contribution in [3.8, 4) is 23.3 Å². The molecule has 0 aliphatic carbocycles. The van der Waals surface area contributed by atoms with Gasteiger partial charge in [0.05, 0.1) is 20.3 Å². The van der Waals surface area contributed by atoms with E-state index in [0.717, 1.165) is 28.3 Å². The van der Waals surface area contributed by atoms with Gasteiger partial charge in [0.25, 0.3) is 5.91 Å². The Morgan fingerprint density at radius 2 is 1.86 bits per heavy atom. The monoisotopic (exact) mass is 492 g/mol.